The molecule has 2 unspecified atom stereocenters. The molecule has 1 heterocycles. The molecular weight excluding hydrogens is 316 g/mol. The van der Waals surface area contributed by atoms with Crippen LogP contribution in [0.2, 0.25) is 0 Å². The van der Waals surface area contributed by atoms with Crippen molar-refractivity contribution in [3.05, 3.63) is 30.3 Å². The lowest BCUT2D eigenvalue weighted by Crippen LogP contribution is -2.41. The fraction of sp³-hybridized carbons (Fsp3) is 0.467. The Bertz CT molecular complexity index is 632. The van der Waals surface area contributed by atoms with Gasteiger partial charge < -0.3 is 11.1 Å². The molecule has 3 rings (SSSR count). The second-order valence-electron chi connectivity index (χ2n) is 5.61. The molecule has 1 aliphatic rings. The second-order valence-corrected chi connectivity index (χ2v) is 5.61. The summed E-state index contributed by atoms with van der Waals surface area (Å²) in [4.78, 5) is 13.4. The van der Waals surface area contributed by atoms with Crippen LogP contribution in [-0.4, -0.2) is 38.7 Å². The largest absolute Gasteiger partial charge is 0.351 e. The number of amides is 1. The van der Waals surface area contributed by atoms with Gasteiger partial charge in [-0.15, -0.1) is 22.6 Å². The number of tetrazole rings is 1. The lowest BCUT2D eigenvalue weighted by Gasteiger charge is -2.19. The van der Waals surface area contributed by atoms with Gasteiger partial charge in [0.15, 0.2) is 0 Å². The Balaban J connectivity index is 0.00000192. The van der Waals surface area contributed by atoms with Crippen LogP contribution in [0.3, 0.4) is 0 Å². The van der Waals surface area contributed by atoms with Gasteiger partial charge in [-0.2, -0.15) is 4.80 Å². The Labute approximate surface area is 141 Å². The highest BCUT2D eigenvalue weighted by Crippen LogP contribution is 2.24. The van der Waals surface area contributed by atoms with Crippen LogP contribution in [-0.2, 0) is 11.3 Å². The predicted molar refractivity (Wildman–Crippen MR) is 88.8 cm³/mol. The Hall–Kier alpha value is -1.99. The molecule has 8 heteroatoms. The summed E-state index contributed by atoms with van der Waals surface area (Å²) in [6.45, 7) is 0.693. The summed E-state index contributed by atoms with van der Waals surface area (Å²) in [5.41, 5.74) is 6.61. The number of aromatic nitrogens is 4. The fourth-order valence-corrected chi connectivity index (χ4v) is 2.90. The molecule has 1 saturated carbocycles. The number of carbonyl (C=O) groups is 1. The van der Waals surface area contributed by atoms with Crippen molar-refractivity contribution in [2.24, 2.45) is 11.7 Å². The summed E-state index contributed by atoms with van der Waals surface area (Å²) in [6.07, 6.45) is 3.20. The van der Waals surface area contributed by atoms with Crippen molar-refractivity contribution in [1.29, 1.82) is 0 Å². The number of nitrogens with zero attached hydrogens (tertiary/aromatic N) is 4. The summed E-state index contributed by atoms with van der Waals surface area (Å²) in [5, 5.41) is 15.2. The molecule has 124 valence electrons. The third-order valence-electron chi connectivity index (χ3n) is 4.08. The highest BCUT2D eigenvalue weighted by atomic mass is 35.5. The molecule has 0 saturated heterocycles. The quantitative estimate of drug-likeness (QED) is 0.848. The highest BCUT2D eigenvalue weighted by molar-refractivity contribution is 5.85. The molecule has 7 nitrogen and oxygen atoms in total. The molecule has 0 aliphatic heterocycles. The summed E-state index contributed by atoms with van der Waals surface area (Å²) >= 11 is 0. The molecule has 1 aliphatic carbocycles. The van der Waals surface area contributed by atoms with Crippen LogP contribution in [0.1, 0.15) is 19.3 Å². The van der Waals surface area contributed by atoms with Gasteiger partial charge in [-0.25, -0.2) is 0 Å². The van der Waals surface area contributed by atoms with Crippen LogP contribution in [0, 0.1) is 5.92 Å². The highest BCUT2D eigenvalue weighted by Gasteiger charge is 2.27. The van der Waals surface area contributed by atoms with Gasteiger partial charge >= 0.3 is 0 Å². The number of hydrogen-bond acceptors (Lipinski definition) is 5. The van der Waals surface area contributed by atoms with Gasteiger partial charge in [-0.05, 0) is 30.5 Å². The molecule has 1 amide bonds. The molecule has 23 heavy (non-hydrogen) atoms. The van der Waals surface area contributed by atoms with Crippen molar-refractivity contribution in [3.8, 4) is 11.4 Å². The van der Waals surface area contributed by atoms with E-state index in [-0.39, 0.29) is 30.9 Å². The second kappa shape index (κ2) is 8.03. The maximum atomic E-state index is 12.1. The number of halogens is 1. The van der Waals surface area contributed by atoms with Crippen LogP contribution in [0.4, 0.5) is 0 Å². The molecular formula is C15H21ClN6O. The number of rotatable bonds is 5. The maximum absolute atomic E-state index is 12.1. The van der Waals surface area contributed by atoms with Gasteiger partial charge in [-0.3, -0.25) is 4.79 Å². The fourth-order valence-electron chi connectivity index (χ4n) is 2.90. The van der Waals surface area contributed by atoms with Crippen LogP contribution in [0.15, 0.2) is 30.3 Å². The minimum absolute atomic E-state index is 0. The standard InChI is InChI=1S/C15H20N6O.ClH/c16-9-12-7-4-8-13(12)17-14(22)10-21-19-15(18-20-21)11-5-2-1-3-6-11;/h1-3,5-6,12-13H,4,7-10,16H2,(H,17,22);1H. The van der Waals surface area contributed by atoms with Gasteiger partial charge in [0, 0.05) is 11.6 Å². The Kier molecular flexibility index (Phi) is 6.06. The van der Waals surface area contributed by atoms with Crippen molar-refractivity contribution in [1.82, 2.24) is 25.5 Å². The number of nitrogens with two attached hydrogens (primary N) is 1. The van der Waals surface area contributed by atoms with E-state index in [0.717, 1.165) is 24.8 Å². The Morgan fingerprint density at radius 3 is 2.83 bits per heavy atom. The van der Waals surface area contributed by atoms with E-state index in [1.54, 1.807) is 0 Å². The van der Waals surface area contributed by atoms with E-state index in [2.05, 4.69) is 20.7 Å². The van der Waals surface area contributed by atoms with E-state index in [4.69, 9.17) is 5.73 Å². The minimum atomic E-state index is -0.0950. The zero-order chi connectivity index (χ0) is 15.4. The van der Waals surface area contributed by atoms with E-state index >= 15 is 0 Å². The first kappa shape index (κ1) is 17.4. The van der Waals surface area contributed by atoms with Gasteiger partial charge in [-0.1, -0.05) is 36.8 Å². The Morgan fingerprint density at radius 1 is 1.30 bits per heavy atom. The van der Waals surface area contributed by atoms with E-state index < -0.39 is 0 Å². The van der Waals surface area contributed by atoms with Crippen LogP contribution in [0.25, 0.3) is 11.4 Å². The van der Waals surface area contributed by atoms with E-state index in [0.29, 0.717) is 18.3 Å². The zero-order valence-corrected chi connectivity index (χ0v) is 13.6. The molecule has 0 radical (unpaired) electrons. The predicted octanol–water partition coefficient (Wildman–Crippen LogP) is 1.01. The topological polar surface area (TPSA) is 98.7 Å². The van der Waals surface area contributed by atoms with Crippen LogP contribution >= 0.6 is 12.4 Å². The first-order valence-corrected chi connectivity index (χ1v) is 7.59. The molecule has 3 N–H and O–H groups in total. The van der Waals surface area contributed by atoms with Gasteiger partial charge in [0.1, 0.15) is 6.54 Å². The third-order valence-corrected chi connectivity index (χ3v) is 4.08. The number of carbonyl (C=O) groups excluding carboxylic acids is 1. The van der Waals surface area contributed by atoms with Gasteiger partial charge in [0.2, 0.25) is 11.7 Å². The lowest BCUT2D eigenvalue weighted by molar-refractivity contribution is -0.123. The molecule has 0 bridgehead atoms. The van der Waals surface area contributed by atoms with Crippen LogP contribution in [0.5, 0.6) is 0 Å². The monoisotopic (exact) mass is 336 g/mol. The molecule has 1 fully saturated rings. The molecule has 2 atom stereocenters. The molecule has 1 aromatic carbocycles. The first-order valence-electron chi connectivity index (χ1n) is 7.59. The summed E-state index contributed by atoms with van der Waals surface area (Å²) in [6, 6.07) is 9.75. The minimum Gasteiger partial charge on any atom is -0.351 e. The summed E-state index contributed by atoms with van der Waals surface area (Å²) in [5.74, 6) is 0.809. The summed E-state index contributed by atoms with van der Waals surface area (Å²) < 4.78 is 0. The number of benzene rings is 1. The van der Waals surface area contributed by atoms with Crippen molar-refractivity contribution in [3.63, 3.8) is 0 Å². The van der Waals surface area contributed by atoms with Crippen molar-refractivity contribution < 1.29 is 4.79 Å². The van der Waals surface area contributed by atoms with E-state index in [1.165, 1.54) is 4.80 Å². The average Bonchev–Trinajstić information content (AvgIpc) is 3.17. The van der Waals surface area contributed by atoms with Gasteiger partial charge in [0.25, 0.3) is 0 Å². The van der Waals surface area contributed by atoms with Crippen molar-refractivity contribution in [2.75, 3.05) is 6.54 Å². The van der Waals surface area contributed by atoms with Crippen molar-refractivity contribution in [2.45, 2.75) is 31.8 Å². The van der Waals surface area contributed by atoms with Gasteiger partial charge in [0.05, 0.1) is 0 Å². The molecule has 2 aromatic rings. The summed E-state index contributed by atoms with van der Waals surface area (Å²) in [7, 11) is 0. The molecule has 0 spiro atoms. The smallest absolute Gasteiger partial charge is 0.243 e. The van der Waals surface area contributed by atoms with Crippen LogP contribution < -0.4 is 11.1 Å². The number of hydrogen-bond donors (Lipinski definition) is 2. The van der Waals surface area contributed by atoms with E-state index in [1.807, 2.05) is 30.3 Å². The van der Waals surface area contributed by atoms with E-state index in [9.17, 15) is 4.79 Å². The number of nitrogens with one attached hydrogen (secondary N) is 1. The maximum Gasteiger partial charge on any atom is 0.243 e. The SMILES string of the molecule is Cl.NCC1CCCC1NC(=O)Cn1nnc(-c2ccccc2)n1. The average molecular weight is 337 g/mol. The molecule has 1 aromatic heterocycles. The zero-order valence-electron chi connectivity index (χ0n) is 12.8. The lowest BCUT2D eigenvalue weighted by atomic mass is 10.0. The normalized spacial score (nSPS) is 20.0. The van der Waals surface area contributed by atoms with Crippen molar-refractivity contribution >= 4 is 18.3 Å². The first-order chi connectivity index (χ1) is 10.8. The Morgan fingerprint density at radius 2 is 2.09 bits per heavy atom. The third kappa shape index (κ3) is 4.27.